The van der Waals surface area contributed by atoms with Crippen molar-refractivity contribution in [2.24, 2.45) is 0 Å². The van der Waals surface area contributed by atoms with E-state index >= 15 is 0 Å². The Bertz CT molecular complexity index is 970. The molecule has 1 aromatic carbocycles. The number of hydrogen-bond donors (Lipinski definition) is 1. The van der Waals surface area contributed by atoms with Crippen molar-refractivity contribution in [3.05, 3.63) is 44.8 Å². The summed E-state index contributed by atoms with van der Waals surface area (Å²) in [5, 5.41) is 3.66. The minimum absolute atomic E-state index is 0.205. The van der Waals surface area contributed by atoms with Crippen LogP contribution in [0.4, 0.5) is 5.00 Å². The van der Waals surface area contributed by atoms with E-state index in [-0.39, 0.29) is 12.2 Å². The van der Waals surface area contributed by atoms with E-state index in [1.54, 1.807) is 18.2 Å². The molecule has 0 aliphatic heterocycles. The number of esters is 2. The summed E-state index contributed by atoms with van der Waals surface area (Å²) in [6.07, 6.45) is 1.19. The van der Waals surface area contributed by atoms with Gasteiger partial charge in [-0.2, -0.15) is 0 Å². The number of hydrogen-bond acceptors (Lipinski definition) is 7. The minimum atomic E-state index is -0.608. The van der Waals surface area contributed by atoms with Gasteiger partial charge in [0.25, 0.3) is 5.91 Å². The van der Waals surface area contributed by atoms with Gasteiger partial charge in [-0.05, 0) is 49.1 Å². The first-order chi connectivity index (χ1) is 13.8. The number of benzene rings is 1. The van der Waals surface area contributed by atoms with E-state index in [1.807, 2.05) is 6.92 Å². The zero-order valence-corrected chi connectivity index (χ0v) is 17.7. The van der Waals surface area contributed by atoms with Gasteiger partial charge in [-0.3, -0.25) is 9.59 Å². The van der Waals surface area contributed by atoms with Crippen molar-refractivity contribution in [2.45, 2.75) is 25.7 Å². The van der Waals surface area contributed by atoms with Gasteiger partial charge in [-0.25, -0.2) is 4.79 Å². The number of thiophene rings is 1. The standard InChI is InChI=1S/C20H20ClNO6S/c1-10-8-11(4-6-13(10)21)28-9-15(23)22-18-17(20(25)27-3)16-12(19(24)26-2)5-7-14(16)29-18/h4,6,8,12H,5,7,9H2,1-3H3,(H,22,23)/t12-/m1/s1. The normalized spacial score (nSPS) is 14.8. The molecule has 3 rings (SSSR count). The molecule has 29 heavy (non-hydrogen) atoms. The van der Waals surface area contributed by atoms with Gasteiger partial charge in [0.1, 0.15) is 10.8 Å². The molecule has 1 amide bonds. The first kappa shape index (κ1) is 21.1. The number of amides is 1. The molecule has 0 unspecified atom stereocenters. The zero-order valence-electron chi connectivity index (χ0n) is 16.2. The zero-order chi connectivity index (χ0) is 21.1. The Morgan fingerprint density at radius 3 is 2.66 bits per heavy atom. The molecule has 0 fully saturated rings. The quantitative estimate of drug-likeness (QED) is 0.692. The average Bonchev–Trinajstić information content (AvgIpc) is 3.26. The lowest BCUT2D eigenvalue weighted by atomic mass is 9.99. The summed E-state index contributed by atoms with van der Waals surface area (Å²) in [5.74, 6) is -1.49. The lowest BCUT2D eigenvalue weighted by Gasteiger charge is -2.12. The molecule has 1 aliphatic rings. The van der Waals surface area contributed by atoms with Gasteiger partial charge < -0.3 is 19.5 Å². The van der Waals surface area contributed by atoms with Gasteiger partial charge in [0.15, 0.2) is 6.61 Å². The van der Waals surface area contributed by atoms with Gasteiger partial charge >= 0.3 is 11.9 Å². The van der Waals surface area contributed by atoms with Crippen LogP contribution in [0.15, 0.2) is 18.2 Å². The van der Waals surface area contributed by atoms with E-state index in [9.17, 15) is 14.4 Å². The molecule has 9 heteroatoms. The summed E-state index contributed by atoms with van der Waals surface area (Å²) in [6.45, 7) is 1.59. The predicted molar refractivity (Wildman–Crippen MR) is 109 cm³/mol. The second kappa shape index (κ2) is 8.84. The highest BCUT2D eigenvalue weighted by Gasteiger charge is 2.38. The second-order valence-electron chi connectivity index (χ2n) is 6.50. The van der Waals surface area contributed by atoms with Crippen LogP contribution in [0.3, 0.4) is 0 Å². The highest BCUT2D eigenvalue weighted by Crippen LogP contribution is 2.45. The van der Waals surface area contributed by atoms with E-state index in [4.69, 9.17) is 25.8 Å². The van der Waals surface area contributed by atoms with Crippen LogP contribution in [0, 0.1) is 6.92 Å². The van der Waals surface area contributed by atoms with Crippen LogP contribution in [-0.4, -0.2) is 38.7 Å². The van der Waals surface area contributed by atoms with Crippen molar-refractivity contribution in [1.82, 2.24) is 0 Å². The third-order valence-electron chi connectivity index (χ3n) is 4.66. The maximum atomic E-state index is 12.4. The smallest absolute Gasteiger partial charge is 0.341 e. The Morgan fingerprint density at radius 1 is 1.24 bits per heavy atom. The molecule has 0 spiro atoms. The fourth-order valence-electron chi connectivity index (χ4n) is 3.25. The highest BCUT2D eigenvalue weighted by atomic mass is 35.5. The number of aryl methyl sites for hydroxylation is 2. The molecule has 0 saturated carbocycles. The number of methoxy groups -OCH3 is 2. The monoisotopic (exact) mass is 437 g/mol. The minimum Gasteiger partial charge on any atom is -0.484 e. The van der Waals surface area contributed by atoms with E-state index in [0.717, 1.165) is 10.4 Å². The summed E-state index contributed by atoms with van der Waals surface area (Å²) >= 11 is 7.25. The molecular weight excluding hydrogens is 418 g/mol. The maximum Gasteiger partial charge on any atom is 0.341 e. The van der Waals surface area contributed by atoms with E-state index < -0.39 is 23.8 Å². The molecule has 1 N–H and O–H groups in total. The lowest BCUT2D eigenvalue weighted by Crippen LogP contribution is -2.22. The number of anilines is 1. The fourth-order valence-corrected chi connectivity index (χ4v) is 4.65. The highest BCUT2D eigenvalue weighted by molar-refractivity contribution is 7.17. The number of halogens is 1. The Kier molecular flexibility index (Phi) is 6.44. The molecule has 7 nitrogen and oxygen atoms in total. The second-order valence-corrected chi connectivity index (χ2v) is 8.01. The first-order valence-electron chi connectivity index (χ1n) is 8.86. The number of rotatable bonds is 6. The first-order valence-corrected chi connectivity index (χ1v) is 10.1. The van der Waals surface area contributed by atoms with Crippen molar-refractivity contribution < 1.29 is 28.6 Å². The average molecular weight is 438 g/mol. The van der Waals surface area contributed by atoms with Crippen LogP contribution >= 0.6 is 22.9 Å². The summed E-state index contributed by atoms with van der Waals surface area (Å²) in [5.41, 5.74) is 1.62. The number of ether oxygens (including phenoxy) is 3. The topological polar surface area (TPSA) is 90.9 Å². The van der Waals surface area contributed by atoms with E-state index in [0.29, 0.717) is 34.2 Å². The third-order valence-corrected chi connectivity index (χ3v) is 6.26. The van der Waals surface area contributed by atoms with Crippen molar-refractivity contribution >= 4 is 45.8 Å². The van der Waals surface area contributed by atoms with Crippen LogP contribution in [0.5, 0.6) is 5.75 Å². The summed E-state index contributed by atoms with van der Waals surface area (Å²) < 4.78 is 15.2. The Hall–Kier alpha value is -2.58. The van der Waals surface area contributed by atoms with Crippen molar-refractivity contribution in [2.75, 3.05) is 26.1 Å². The SMILES string of the molecule is COC(=O)c1c(NC(=O)COc2ccc(Cl)c(C)c2)sc2c1[C@H](C(=O)OC)CC2. The number of fused-ring (bicyclic) bond motifs is 1. The van der Waals surface area contributed by atoms with Crippen LogP contribution < -0.4 is 10.1 Å². The summed E-state index contributed by atoms with van der Waals surface area (Å²) in [6, 6.07) is 5.09. The summed E-state index contributed by atoms with van der Waals surface area (Å²) in [7, 11) is 2.56. The molecule has 154 valence electrons. The maximum absolute atomic E-state index is 12.4. The van der Waals surface area contributed by atoms with Gasteiger partial charge in [-0.15, -0.1) is 11.3 Å². The van der Waals surface area contributed by atoms with Gasteiger partial charge in [0.2, 0.25) is 0 Å². The fraction of sp³-hybridized carbons (Fsp3) is 0.350. The molecule has 0 bridgehead atoms. The largest absolute Gasteiger partial charge is 0.484 e. The van der Waals surface area contributed by atoms with E-state index in [2.05, 4.69) is 5.32 Å². The Labute approximate surface area is 176 Å². The molecule has 1 aliphatic carbocycles. The molecule has 2 aromatic rings. The van der Waals surface area contributed by atoms with Gasteiger partial charge in [-0.1, -0.05) is 11.6 Å². The van der Waals surface area contributed by atoms with E-state index in [1.165, 1.54) is 25.6 Å². The predicted octanol–water partition coefficient (Wildman–Crippen LogP) is 3.72. The molecular formula is C20H20ClNO6S. The molecule has 0 saturated heterocycles. The molecule has 1 heterocycles. The van der Waals surface area contributed by atoms with Crippen molar-refractivity contribution in [1.29, 1.82) is 0 Å². The Balaban J connectivity index is 1.78. The van der Waals surface area contributed by atoms with Crippen LogP contribution in [0.25, 0.3) is 0 Å². The van der Waals surface area contributed by atoms with Gasteiger partial charge in [0.05, 0.1) is 25.7 Å². The third kappa shape index (κ3) is 4.38. The number of carbonyl (C=O) groups is 3. The number of carbonyl (C=O) groups excluding carboxylic acids is 3. The van der Waals surface area contributed by atoms with Crippen LogP contribution in [-0.2, 0) is 25.5 Å². The van der Waals surface area contributed by atoms with Crippen molar-refractivity contribution in [3.63, 3.8) is 0 Å². The lowest BCUT2D eigenvalue weighted by molar-refractivity contribution is -0.142. The van der Waals surface area contributed by atoms with Crippen LogP contribution in [0.1, 0.15) is 38.7 Å². The molecule has 1 atom stereocenters. The number of nitrogens with one attached hydrogen (secondary N) is 1. The van der Waals surface area contributed by atoms with Gasteiger partial charge in [0, 0.05) is 9.90 Å². The molecule has 0 radical (unpaired) electrons. The van der Waals surface area contributed by atoms with Crippen molar-refractivity contribution in [3.8, 4) is 5.75 Å². The summed E-state index contributed by atoms with van der Waals surface area (Å²) in [4.78, 5) is 37.7. The molecule has 1 aromatic heterocycles. The Morgan fingerprint density at radius 2 is 2.00 bits per heavy atom. The van der Waals surface area contributed by atoms with Crippen LogP contribution in [0.2, 0.25) is 5.02 Å².